The van der Waals surface area contributed by atoms with Crippen molar-refractivity contribution in [3.63, 3.8) is 0 Å². The van der Waals surface area contributed by atoms with E-state index in [1.807, 2.05) is 35.8 Å². The number of carbonyl (C=O) groups is 1. The van der Waals surface area contributed by atoms with Gasteiger partial charge in [0, 0.05) is 24.5 Å². The number of anilines is 1. The number of hydrogen-bond acceptors (Lipinski definition) is 5. The molecule has 0 radical (unpaired) electrons. The van der Waals surface area contributed by atoms with Crippen molar-refractivity contribution < 1.29 is 9.90 Å². The lowest BCUT2D eigenvalue weighted by Crippen LogP contribution is -2.44. The van der Waals surface area contributed by atoms with Crippen LogP contribution in [0.4, 0.5) is 5.95 Å². The van der Waals surface area contributed by atoms with E-state index in [-0.39, 0.29) is 17.2 Å². The summed E-state index contributed by atoms with van der Waals surface area (Å²) in [5.41, 5.74) is 9.89. The molecule has 4 aromatic rings. The van der Waals surface area contributed by atoms with Crippen molar-refractivity contribution in [2.24, 2.45) is 5.73 Å². The van der Waals surface area contributed by atoms with Gasteiger partial charge in [-0.3, -0.25) is 4.79 Å². The largest absolute Gasteiger partial charge is 0.478 e. The molecule has 8 heteroatoms. The van der Waals surface area contributed by atoms with Crippen molar-refractivity contribution in [2.45, 2.75) is 32.4 Å². The van der Waals surface area contributed by atoms with Crippen LogP contribution in [-0.4, -0.2) is 44.7 Å². The Morgan fingerprint density at radius 3 is 2.84 bits per heavy atom. The van der Waals surface area contributed by atoms with Gasteiger partial charge in [0.05, 0.1) is 17.6 Å². The molecule has 164 valence electrons. The predicted octanol–water partition coefficient (Wildman–Crippen LogP) is 2.86. The van der Waals surface area contributed by atoms with Gasteiger partial charge in [0.2, 0.25) is 5.95 Å². The topological polar surface area (TPSA) is 117 Å². The lowest BCUT2D eigenvalue weighted by Gasteiger charge is -2.32. The van der Waals surface area contributed by atoms with Crippen molar-refractivity contribution in [1.29, 1.82) is 0 Å². The molecule has 0 saturated carbocycles. The number of benzene rings is 2. The number of pyridine rings is 1. The molecular formula is C24H25N5O3. The third-order valence-electron chi connectivity index (χ3n) is 6.26. The average Bonchev–Trinajstić information content (AvgIpc) is 3.15. The van der Waals surface area contributed by atoms with E-state index >= 15 is 0 Å². The molecular weight excluding hydrogens is 406 g/mol. The van der Waals surface area contributed by atoms with E-state index in [2.05, 4.69) is 9.88 Å². The van der Waals surface area contributed by atoms with Crippen LogP contribution in [0.5, 0.6) is 0 Å². The summed E-state index contributed by atoms with van der Waals surface area (Å²) in [4.78, 5) is 34.7. The van der Waals surface area contributed by atoms with E-state index in [1.54, 1.807) is 12.1 Å². The first-order valence-corrected chi connectivity index (χ1v) is 10.8. The number of aromatic amines is 1. The SMILES string of the molecule is Cc1ccccc1Cn1c(N2CCC[C@@H](N)C2)nc2c3cc(C(=O)O)ccc3[nH]c(=O)c21. The van der Waals surface area contributed by atoms with Crippen molar-refractivity contribution in [2.75, 3.05) is 18.0 Å². The molecule has 0 amide bonds. The summed E-state index contributed by atoms with van der Waals surface area (Å²) >= 11 is 0. The summed E-state index contributed by atoms with van der Waals surface area (Å²) in [5, 5.41) is 10.1. The van der Waals surface area contributed by atoms with Crippen molar-refractivity contribution in [3.8, 4) is 0 Å². The standard InChI is InChI=1S/C24H25N5O3/c1-14-5-2-3-6-16(14)12-29-21-20(27-24(29)28-10-4-7-17(25)13-28)18-11-15(23(31)32)8-9-19(18)26-22(21)30/h2-3,5-6,8-9,11,17H,4,7,10,12-13,25H2,1H3,(H,26,30)(H,31,32)/t17-/m1/s1. The van der Waals surface area contributed by atoms with Gasteiger partial charge >= 0.3 is 5.97 Å². The maximum Gasteiger partial charge on any atom is 0.335 e. The normalized spacial score (nSPS) is 16.7. The highest BCUT2D eigenvalue weighted by Crippen LogP contribution is 2.29. The maximum absolute atomic E-state index is 13.2. The van der Waals surface area contributed by atoms with Crippen molar-refractivity contribution in [3.05, 3.63) is 69.5 Å². The van der Waals surface area contributed by atoms with Crippen LogP contribution in [0.3, 0.4) is 0 Å². The number of carboxylic acid groups (broad SMARTS) is 1. The molecule has 1 atom stereocenters. The fraction of sp³-hybridized carbons (Fsp3) is 0.292. The van der Waals surface area contributed by atoms with Crippen LogP contribution in [-0.2, 0) is 6.54 Å². The highest BCUT2D eigenvalue weighted by atomic mass is 16.4. The molecule has 3 heterocycles. The Hall–Kier alpha value is -3.65. The zero-order chi connectivity index (χ0) is 22.4. The van der Waals surface area contributed by atoms with Crippen LogP contribution in [0.25, 0.3) is 21.9 Å². The van der Waals surface area contributed by atoms with E-state index < -0.39 is 5.97 Å². The quantitative estimate of drug-likeness (QED) is 0.457. The fourth-order valence-electron chi connectivity index (χ4n) is 4.56. The molecule has 2 aromatic heterocycles. The fourth-order valence-corrected chi connectivity index (χ4v) is 4.56. The molecule has 5 rings (SSSR count). The zero-order valence-corrected chi connectivity index (χ0v) is 17.8. The van der Waals surface area contributed by atoms with Crippen LogP contribution in [0.2, 0.25) is 0 Å². The first kappa shape index (κ1) is 20.3. The number of aryl methyl sites for hydroxylation is 1. The number of imidazole rings is 1. The molecule has 1 aliphatic heterocycles. The molecule has 0 unspecified atom stereocenters. The van der Waals surface area contributed by atoms with Gasteiger partial charge in [-0.05, 0) is 49.1 Å². The number of nitrogens with two attached hydrogens (primary N) is 1. The van der Waals surface area contributed by atoms with Crippen LogP contribution in [0.1, 0.15) is 34.3 Å². The number of nitrogens with one attached hydrogen (secondary N) is 1. The van der Waals surface area contributed by atoms with Gasteiger partial charge in [-0.15, -0.1) is 0 Å². The number of hydrogen-bond donors (Lipinski definition) is 3. The summed E-state index contributed by atoms with van der Waals surface area (Å²) in [5.74, 6) is -0.329. The molecule has 1 fully saturated rings. The molecule has 32 heavy (non-hydrogen) atoms. The van der Waals surface area contributed by atoms with E-state index in [0.717, 1.165) is 30.5 Å². The Labute approximate surface area is 184 Å². The summed E-state index contributed by atoms with van der Waals surface area (Å²) in [6, 6.07) is 12.8. The van der Waals surface area contributed by atoms with E-state index in [1.165, 1.54) is 6.07 Å². The molecule has 1 saturated heterocycles. The Morgan fingerprint density at radius 1 is 1.28 bits per heavy atom. The lowest BCUT2D eigenvalue weighted by molar-refractivity contribution is 0.0697. The maximum atomic E-state index is 13.2. The van der Waals surface area contributed by atoms with Crippen LogP contribution in [0.15, 0.2) is 47.3 Å². The Kier molecular flexibility index (Phi) is 4.94. The van der Waals surface area contributed by atoms with Crippen LogP contribution in [0, 0.1) is 6.92 Å². The van der Waals surface area contributed by atoms with Crippen molar-refractivity contribution in [1.82, 2.24) is 14.5 Å². The highest BCUT2D eigenvalue weighted by molar-refractivity contribution is 6.05. The molecule has 0 aliphatic carbocycles. The minimum Gasteiger partial charge on any atom is -0.478 e. The van der Waals surface area contributed by atoms with Crippen molar-refractivity contribution >= 4 is 33.9 Å². The van der Waals surface area contributed by atoms with Crippen LogP contribution >= 0.6 is 0 Å². The number of rotatable bonds is 4. The van der Waals surface area contributed by atoms with Gasteiger partial charge in [-0.25, -0.2) is 9.78 Å². The molecule has 0 spiro atoms. The lowest BCUT2D eigenvalue weighted by atomic mass is 10.1. The summed E-state index contributed by atoms with van der Waals surface area (Å²) in [7, 11) is 0. The van der Waals surface area contributed by atoms with Gasteiger partial charge in [0.25, 0.3) is 5.56 Å². The predicted molar refractivity (Wildman–Crippen MR) is 125 cm³/mol. The second-order valence-electron chi connectivity index (χ2n) is 8.49. The number of carboxylic acids is 1. The van der Waals surface area contributed by atoms with Gasteiger partial charge in [-0.1, -0.05) is 24.3 Å². The zero-order valence-electron chi connectivity index (χ0n) is 17.8. The average molecular weight is 431 g/mol. The number of H-pyrrole nitrogens is 1. The van der Waals surface area contributed by atoms with Gasteiger partial charge in [-0.2, -0.15) is 0 Å². The van der Waals surface area contributed by atoms with Crippen LogP contribution < -0.4 is 16.2 Å². The Bertz CT molecular complexity index is 1400. The number of nitrogens with zero attached hydrogens (tertiary/aromatic N) is 3. The molecule has 4 N–H and O–H groups in total. The Morgan fingerprint density at radius 2 is 2.09 bits per heavy atom. The summed E-state index contributed by atoms with van der Waals surface area (Å²) < 4.78 is 1.95. The summed E-state index contributed by atoms with van der Waals surface area (Å²) in [6.45, 7) is 4.00. The number of aromatic carboxylic acids is 1. The van der Waals surface area contributed by atoms with Gasteiger partial charge in [0.15, 0.2) is 0 Å². The third-order valence-corrected chi connectivity index (χ3v) is 6.26. The van der Waals surface area contributed by atoms with E-state index in [4.69, 9.17) is 10.7 Å². The highest BCUT2D eigenvalue weighted by Gasteiger charge is 2.25. The minimum absolute atomic E-state index is 0.0455. The monoisotopic (exact) mass is 431 g/mol. The van der Waals surface area contributed by atoms with E-state index in [0.29, 0.717) is 41.0 Å². The number of piperidine rings is 1. The second-order valence-corrected chi connectivity index (χ2v) is 8.49. The van der Waals surface area contributed by atoms with Gasteiger partial charge in [0.1, 0.15) is 11.0 Å². The van der Waals surface area contributed by atoms with E-state index in [9.17, 15) is 14.7 Å². The first-order valence-electron chi connectivity index (χ1n) is 10.8. The molecule has 2 aromatic carbocycles. The first-order chi connectivity index (χ1) is 15.4. The number of fused-ring (bicyclic) bond motifs is 3. The minimum atomic E-state index is -1.02. The van der Waals surface area contributed by atoms with Gasteiger partial charge < -0.3 is 25.3 Å². The number of aromatic nitrogens is 3. The summed E-state index contributed by atoms with van der Waals surface area (Å²) in [6.07, 6.45) is 1.91. The molecule has 0 bridgehead atoms. The Balaban J connectivity index is 1.79. The molecule has 8 nitrogen and oxygen atoms in total. The smallest absolute Gasteiger partial charge is 0.335 e. The second kappa shape index (κ2) is 7.80. The molecule has 1 aliphatic rings. The third kappa shape index (κ3) is 3.42.